The Morgan fingerprint density at radius 3 is 2.48 bits per heavy atom. The summed E-state index contributed by atoms with van der Waals surface area (Å²) in [4.78, 5) is 13.5. The van der Waals surface area contributed by atoms with Crippen molar-refractivity contribution >= 4 is 11.7 Å². The molecule has 0 saturated carbocycles. The number of nitrogens with one attached hydrogen (secondary N) is 1. The zero-order valence-electron chi connectivity index (χ0n) is 13.3. The number of ether oxygens (including phenoxy) is 1. The van der Waals surface area contributed by atoms with Crippen LogP contribution in [0.1, 0.15) is 33.6 Å². The second-order valence-corrected chi connectivity index (χ2v) is 5.35. The van der Waals surface area contributed by atoms with E-state index in [1.165, 1.54) is 0 Å². The molecule has 1 aromatic rings. The fraction of sp³-hybridized carbons (Fsp3) is 0.562. The molecule has 1 aromatic carbocycles. The third kappa shape index (κ3) is 6.49. The Morgan fingerprint density at radius 1 is 1.33 bits per heavy atom. The standard InChI is InChI=1S/C16H26N2O3/c1-5-13(3)21-15-8-6-14(7-9-15)17-16(20)18(4)11-10-12(2)19/h6-9,12-13,19H,5,10-11H2,1-4H3,(H,17,20). The first kappa shape index (κ1) is 17.3. The van der Waals surface area contributed by atoms with Crippen molar-refractivity contribution in [2.24, 2.45) is 0 Å². The SMILES string of the molecule is CCC(C)Oc1ccc(NC(=O)N(C)CCC(C)O)cc1. The molecule has 0 bridgehead atoms. The summed E-state index contributed by atoms with van der Waals surface area (Å²) in [7, 11) is 1.71. The van der Waals surface area contributed by atoms with Gasteiger partial charge in [0.15, 0.2) is 0 Å². The summed E-state index contributed by atoms with van der Waals surface area (Å²) >= 11 is 0. The van der Waals surface area contributed by atoms with Crippen LogP contribution < -0.4 is 10.1 Å². The minimum atomic E-state index is -0.405. The van der Waals surface area contributed by atoms with Crippen molar-refractivity contribution in [3.63, 3.8) is 0 Å². The fourth-order valence-electron chi connectivity index (χ4n) is 1.63. The van der Waals surface area contributed by atoms with Gasteiger partial charge < -0.3 is 20.1 Å². The van der Waals surface area contributed by atoms with Crippen molar-refractivity contribution in [1.82, 2.24) is 4.90 Å². The molecule has 0 fully saturated rings. The van der Waals surface area contributed by atoms with E-state index in [9.17, 15) is 9.90 Å². The minimum absolute atomic E-state index is 0.178. The van der Waals surface area contributed by atoms with Crippen molar-refractivity contribution in [3.05, 3.63) is 24.3 Å². The minimum Gasteiger partial charge on any atom is -0.491 e. The first-order valence-corrected chi connectivity index (χ1v) is 7.39. The molecule has 0 aliphatic carbocycles. The van der Waals surface area contributed by atoms with Gasteiger partial charge in [-0.2, -0.15) is 0 Å². The third-order valence-corrected chi connectivity index (χ3v) is 3.25. The van der Waals surface area contributed by atoms with E-state index in [4.69, 9.17) is 4.74 Å². The maximum absolute atomic E-state index is 11.9. The van der Waals surface area contributed by atoms with Gasteiger partial charge in [0.05, 0.1) is 12.2 Å². The van der Waals surface area contributed by atoms with Gasteiger partial charge in [-0.25, -0.2) is 4.79 Å². The Kier molecular flexibility index (Phi) is 7.02. The number of rotatable bonds is 7. The average Bonchev–Trinajstić information content (AvgIpc) is 2.46. The van der Waals surface area contributed by atoms with Crippen molar-refractivity contribution in [1.29, 1.82) is 0 Å². The van der Waals surface area contributed by atoms with E-state index in [1.54, 1.807) is 18.9 Å². The molecule has 5 nitrogen and oxygen atoms in total. The Bertz CT molecular complexity index is 432. The molecule has 0 heterocycles. The van der Waals surface area contributed by atoms with E-state index in [0.717, 1.165) is 17.9 Å². The second kappa shape index (κ2) is 8.52. The van der Waals surface area contributed by atoms with Gasteiger partial charge in [0.25, 0.3) is 0 Å². The maximum atomic E-state index is 11.9. The van der Waals surface area contributed by atoms with E-state index in [2.05, 4.69) is 12.2 Å². The zero-order valence-corrected chi connectivity index (χ0v) is 13.3. The molecule has 0 aliphatic rings. The van der Waals surface area contributed by atoms with Gasteiger partial charge in [-0.15, -0.1) is 0 Å². The van der Waals surface area contributed by atoms with Gasteiger partial charge in [0.2, 0.25) is 0 Å². The number of aliphatic hydroxyl groups excluding tert-OH is 1. The molecule has 2 amide bonds. The first-order chi connectivity index (χ1) is 9.92. The highest BCUT2D eigenvalue weighted by Crippen LogP contribution is 2.17. The number of benzene rings is 1. The fourth-order valence-corrected chi connectivity index (χ4v) is 1.63. The van der Waals surface area contributed by atoms with Crippen molar-refractivity contribution in [3.8, 4) is 5.75 Å². The molecule has 0 aliphatic heterocycles. The summed E-state index contributed by atoms with van der Waals surface area (Å²) in [5.74, 6) is 0.796. The predicted octanol–water partition coefficient (Wildman–Crippen LogP) is 3.10. The van der Waals surface area contributed by atoms with Crippen LogP contribution >= 0.6 is 0 Å². The van der Waals surface area contributed by atoms with E-state index in [0.29, 0.717) is 13.0 Å². The molecule has 21 heavy (non-hydrogen) atoms. The summed E-state index contributed by atoms with van der Waals surface area (Å²) in [6.07, 6.45) is 1.28. The quantitative estimate of drug-likeness (QED) is 0.812. The van der Waals surface area contributed by atoms with Crippen LogP contribution in [0.5, 0.6) is 5.75 Å². The number of nitrogens with zero attached hydrogens (tertiary/aromatic N) is 1. The molecule has 0 aromatic heterocycles. The van der Waals surface area contributed by atoms with E-state index in [1.807, 2.05) is 31.2 Å². The van der Waals surface area contributed by atoms with Crippen LogP contribution in [-0.2, 0) is 0 Å². The molecule has 0 spiro atoms. The molecule has 2 unspecified atom stereocenters. The summed E-state index contributed by atoms with van der Waals surface area (Å²) in [6, 6.07) is 7.14. The van der Waals surface area contributed by atoms with E-state index < -0.39 is 6.10 Å². The highest BCUT2D eigenvalue weighted by atomic mass is 16.5. The zero-order chi connectivity index (χ0) is 15.8. The van der Waals surface area contributed by atoms with Gasteiger partial charge in [0, 0.05) is 19.3 Å². The lowest BCUT2D eigenvalue weighted by molar-refractivity contribution is 0.167. The number of amides is 2. The number of anilines is 1. The lowest BCUT2D eigenvalue weighted by atomic mass is 10.2. The smallest absolute Gasteiger partial charge is 0.321 e. The molecule has 0 radical (unpaired) electrons. The molecular weight excluding hydrogens is 268 g/mol. The van der Waals surface area contributed by atoms with Crippen molar-refractivity contribution < 1.29 is 14.6 Å². The van der Waals surface area contributed by atoms with Crippen LogP contribution in [0.25, 0.3) is 0 Å². The van der Waals surface area contributed by atoms with Crippen LogP contribution in [0.15, 0.2) is 24.3 Å². The van der Waals surface area contributed by atoms with Gasteiger partial charge in [-0.05, 0) is 51.0 Å². The van der Waals surface area contributed by atoms with Gasteiger partial charge in [-0.3, -0.25) is 0 Å². The number of aliphatic hydroxyl groups is 1. The molecule has 118 valence electrons. The van der Waals surface area contributed by atoms with Crippen LogP contribution in [0.2, 0.25) is 0 Å². The Balaban J connectivity index is 2.49. The van der Waals surface area contributed by atoms with Gasteiger partial charge in [-0.1, -0.05) is 6.92 Å². The Morgan fingerprint density at radius 2 is 1.95 bits per heavy atom. The van der Waals surface area contributed by atoms with E-state index in [-0.39, 0.29) is 12.1 Å². The number of carbonyl (C=O) groups excluding carboxylic acids is 1. The summed E-state index contributed by atoms with van der Waals surface area (Å²) in [5, 5.41) is 12.0. The van der Waals surface area contributed by atoms with Crippen molar-refractivity contribution in [2.45, 2.75) is 45.8 Å². The number of carbonyl (C=O) groups is 1. The highest BCUT2D eigenvalue weighted by molar-refractivity contribution is 5.89. The van der Waals surface area contributed by atoms with Crippen molar-refractivity contribution in [2.75, 3.05) is 18.9 Å². The molecule has 5 heteroatoms. The lowest BCUT2D eigenvalue weighted by Crippen LogP contribution is -2.33. The van der Waals surface area contributed by atoms with E-state index >= 15 is 0 Å². The summed E-state index contributed by atoms with van der Waals surface area (Å²) in [5.41, 5.74) is 0.723. The summed E-state index contributed by atoms with van der Waals surface area (Å²) in [6.45, 7) is 6.32. The molecule has 2 N–H and O–H groups in total. The molecule has 1 rings (SSSR count). The Hall–Kier alpha value is -1.75. The average molecular weight is 294 g/mol. The second-order valence-electron chi connectivity index (χ2n) is 5.35. The number of hydrogen-bond acceptors (Lipinski definition) is 3. The van der Waals surface area contributed by atoms with Crippen LogP contribution in [0.4, 0.5) is 10.5 Å². The largest absolute Gasteiger partial charge is 0.491 e. The normalized spacial score (nSPS) is 13.4. The molecule has 2 atom stereocenters. The van der Waals surface area contributed by atoms with Crippen LogP contribution in [-0.4, -0.2) is 41.8 Å². The third-order valence-electron chi connectivity index (χ3n) is 3.25. The number of hydrogen-bond donors (Lipinski definition) is 2. The van der Waals surface area contributed by atoms with Crippen LogP contribution in [0, 0.1) is 0 Å². The number of urea groups is 1. The topological polar surface area (TPSA) is 61.8 Å². The maximum Gasteiger partial charge on any atom is 0.321 e. The molecular formula is C16H26N2O3. The monoisotopic (exact) mass is 294 g/mol. The lowest BCUT2D eigenvalue weighted by Gasteiger charge is -2.19. The Labute approximate surface area is 126 Å². The predicted molar refractivity (Wildman–Crippen MR) is 84.8 cm³/mol. The van der Waals surface area contributed by atoms with Gasteiger partial charge in [0.1, 0.15) is 5.75 Å². The van der Waals surface area contributed by atoms with Crippen LogP contribution in [0.3, 0.4) is 0 Å². The first-order valence-electron chi connectivity index (χ1n) is 7.39. The molecule has 0 saturated heterocycles. The van der Waals surface area contributed by atoms with Gasteiger partial charge >= 0.3 is 6.03 Å². The summed E-state index contributed by atoms with van der Waals surface area (Å²) < 4.78 is 5.68. The highest BCUT2D eigenvalue weighted by Gasteiger charge is 2.10.